The summed E-state index contributed by atoms with van der Waals surface area (Å²) in [7, 11) is 0. The van der Waals surface area contributed by atoms with Crippen molar-refractivity contribution >= 4 is 5.91 Å². The quantitative estimate of drug-likeness (QED) is 0.330. The first-order chi connectivity index (χ1) is 10.0. The Kier molecular flexibility index (Phi) is 8.09. The van der Waals surface area contributed by atoms with E-state index in [-0.39, 0.29) is 5.91 Å². The second kappa shape index (κ2) is 9.29. The maximum atomic E-state index is 11.2. The molecule has 1 saturated heterocycles. The lowest BCUT2D eigenvalue weighted by Gasteiger charge is -2.42. The van der Waals surface area contributed by atoms with Gasteiger partial charge in [-0.15, -0.1) is 0 Å². The van der Waals surface area contributed by atoms with E-state index in [1.807, 2.05) is 0 Å². The summed E-state index contributed by atoms with van der Waals surface area (Å²) in [6.45, 7) is 1.85. The van der Waals surface area contributed by atoms with E-state index in [1.54, 1.807) is 0 Å². The molecule has 6 N–H and O–H groups in total. The maximum absolute atomic E-state index is 11.2. The van der Waals surface area contributed by atoms with Crippen molar-refractivity contribution in [2.45, 2.75) is 56.8 Å². The van der Waals surface area contributed by atoms with Crippen LogP contribution in [-0.4, -0.2) is 71.6 Å². The summed E-state index contributed by atoms with van der Waals surface area (Å²) in [5.41, 5.74) is 5.40. The zero-order chi connectivity index (χ0) is 15.8. The molecule has 0 aromatic carbocycles. The smallest absolute Gasteiger partial charge is 0.217 e. The standard InChI is InChI=1S/C13H26N2O6/c1-8(17)15-10-12(19)11(18)9(7-16)21-13(10)20-6-4-2-3-5-14/h9-13,16,18-19H,2-7,14H2,1H3,(H,15,17)/t9-,10-,11+,12-,13-/m1/s1. The van der Waals surface area contributed by atoms with Crippen molar-refractivity contribution in [3.63, 3.8) is 0 Å². The molecule has 21 heavy (non-hydrogen) atoms. The van der Waals surface area contributed by atoms with E-state index in [0.717, 1.165) is 19.3 Å². The molecule has 0 aromatic heterocycles. The van der Waals surface area contributed by atoms with E-state index in [4.69, 9.17) is 20.3 Å². The van der Waals surface area contributed by atoms with Gasteiger partial charge in [-0.1, -0.05) is 0 Å². The maximum Gasteiger partial charge on any atom is 0.217 e. The summed E-state index contributed by atoms with van der Waals surface area (Å²) in [6.07, 6.45) is -1.85. The van der Waals surface area contributed by atoms with Crippen molar-refractivity contribution < 1.29 is 29.6 Å². The topological polar surface area (TPSA) is 134 Å². The van der Waals surface area contributed by atoms with Gasteiger partial charge in [0.2, 0.25) is 5.91 Å². The van der Waals surface area contributed by atoms with Gasteiger partial charge in [-0.2, -0.15) is 0 Å². The molecule has 0 aromatic rings. The fourth-order valence-corrected chi connectivity index (χ4v) is 2.24. The highest BCUT2D eigenvalue weighted by atomic mass is 16.7. The molecular weight excluding hydrogens is 280 g/mol. The molecule has 8 nitrogen and oxygen atoms in total. The number of amides is 1. The molecule has 1 rings (SSSR count). The van der Waals surface area contributed by atoms with Crippen LogP contribution in [0.3, 0.4) is 0 Å². The van der Waals surface area contributed by atoms with Gasteiger partial charge in [-0.05, 0) is 25.8 Å². The Balaban J connectivity index is 2.58. The third-order valence-electron chi connectivity index (χ3n) is 3.38. The van der Waals surface area contributed by atoms with Gasteiger partial charge in [0.15, 0.2) is 6.29 Å². The third kappa shape index (κ3) is 5.50. The van der Waals surface area contributed by atoms with Gasteiger partial charge < -0.3 is 35.8 Å². The number of hydrogen-bond donors (Lipinski definition) is 5. The lowest BCUT2D eigenvalue weighted by atomic mass is 9.97. The first-order valence-corrected chi connectivity index (χ1v) is 7.22. The lowest BCUT2D eigenvalue weighted by molar-refractivity contribution is -0.270. The summed E-state index contributed by atoms with van der Waals surface area (Å²) in [5, 5.41) is 31.5. The van der Waals surface area contributed by atoms with Crippen LogP contribution in [0.5, 0.6) is 0 Å². The molecule has 1 aliphatic rings. The van der Waals surface area contributed by atoms with Crippen molar-refractivity contribution in [3.8, 4) is 0 Å². The minimum Gasteiger partial charge on any atom is -0.394 e. The molecule has 1 heterocycles. The average molecular weight is 306 g/mol. The molecule has 1 amide bonds. The molecule has 8 heteroatoms. The van der Waals surface area contributed by atoms with Crippen LogP contribution in [0.25, 0.3) is 0 Å². The summed E-state index contributed by atoms with van der Waals surface area (Å²) >= 11 is 0. The average Bonchev–Trinajstić information content (AvgIpc) is 2.45. The number of nitrogens with one attached hydrogen (secondary N) is 1. The summed E-state index contributed by atoms with van der Waals surface area (Å²) in [4.78, 5) is 11.2. The van der Waals surface area contributed by atoms with Crippen LogP contribution in [0.2, 0.25) is 0 Å². The van der Waals surface area contributed by atoms with Crippen molar-refractivity contribution in [1.29, 1.82) is 0 Å². The normalized spacial score (nSPS) is 32.9. The minimum absolute atomic E-state index is 0.367. The van der Waals surface area contributed by atoms with Crippen LogP contribution in [-0.2, 0) is 14.3 Å². The second-order valence-electron chi connectivity index (χ2n) is 5.15. The highest BCUT2D eigenvalue weighted by molar-refractivity contribution is 5.73. The van der Waals surface area contributed by atoms with E-state index in [9.17, 15) is 15.0 Å². The van der Waals surface area contributed by atoms with Crippen molar-refractivity contribution in [1.82, 2.24) is 5.32 Å². The Labute approximate surface area is 124 Å². The predicted molar refractivity (Wildman–Crippen MR) is 74.2 cm³/mol. The Morgan fingerprint density at radius 1 is 1.29 bits per heavy atom. The molecule has 0 spiro atoms. The highest BCUT2D eigenvalue weighted by Crippen LogP contribution is 2.22. The number of aliphatic hydroxyl groups excluding tert-OH is 3. The van der Waals surface area contributed by atoms with Crippen LogP contribution in [0.1, 0.15) is 26.2 Å². The van der Waals surface area contributed by atoms with Gasteiger partial charge >= 0.3 is 0 Å². The van der Waals surface area contributed by atoms with Crippen molar-refractivity contribution in [2.75, 3.05) is 19.8 Å². The number of rotatable bonds is 8. The molecule has 124 valence electrons. The molecule has 0 aliphatic carbocycles. The van der Waals surface area contributed by atoms with Gasteiger partial charge in [-0.25, -0.2) is 0 Å². The Bertz CT molecular complexity index is 317. The van der Waals surface area contributed by atoms with Crippen LogP contribution >= 0.6 is 0 Å². The van der Waals surface area contributed by atoms with E-state index < -0.39 is 37.3 Å². The number of unbranched alkanes of at least 4 members (excludes halogenated alkanes) is 2. The summed E-state index contributed by atoms with van der Waals surface area (Å²) in [5.74, 6) is -0.367. The van der Waals surface area contributed by atoms with Gasteiger partial charge in [-0.3, -0.25) is 4.79 Å². The van der Waals surface area contributed by atoms with Crippen LogP contribution in [0.15, 0.2) is 0 Å². The predicted octanol–water partition coefficient (Wildman–Crippen LogP) is -1.92. The first-order valence-electron chi connectivity index (χ1n) is 7.22. The summed E-state index contributed by atoms with van der Waals surface area (Å²) in [6, 6.07) is -0.880. The van der Waals surface area contributed by atoms with E-state index in [0.29, 0.717) is 13.2 Å². The van der Waals surface area contributed by atoms with Crippen LogP contribution < -0.4 is 11.1 Å². The zero-order valence-corrected chi connectivity index (χ0v) is 12.3. The fourth-order valence-electron chi connectivity index (χ4n) is 2.24. The second-order valence-corrected chi connectivity index (χ2v) is 5.15. The van der Waals surface area contributed by atoms with Gasteiger partial charge in [0.25, 0.3) is 0 Å². The molecule has 0 unspecified atom stereocenters. The largest absolute Gasteiger partial charge is 0.394 e. The van der Waals surface area contributed by atoms with Crippen LogP contribution in [0.4, 0.5) is 0 Å². The number of carbonyl (C=O) groups is 1. The SMILES string of the molecule is CC(=O)N[C@H]1[C@H](OCCCCCN)O[C@H](CO)[C@H](O)[C@@H]1O. The Morgan fingerprint density at radius 3 is 2.57 bits per heavy atom. The third-order valence-corrected chi connectivity index (χ3v) is 3.38. The minimum atomic E-state index is -1.29. The molecule has 5 atom stereocenters. The van der Waals surface area contributed by atoms with Gasteiger partial charge in [0.1, 0.15) is 24.4 Å². The molecule has 1 aliphatic heterocycles. The number of ether oxygens (including phenoxy) is 2. The number of nitrogens with two attached hydrogens (primary N) is 1. The molecule has 0 radical (unpaired) electrons. The van der Waals surface area contributed by atoms with E-state index >= 15 is 0 Å². The molecule has 0 saturated carbocycles. The van der Waals surface area contributed by atoms with Gasteiger partial charge in [0.05, 0.1) is 6.61 Å². The molecule has 0 bridgehead atoms. The molecule has 1 fully saturated rings. The Hall–Kier alpha value is -0.770. The van der Waals surface area contributed by atoms with Gasteiger partial charge in [0, 0.05) is 13.5 Å². The monoisotopic (exact) mass is 306 g/mol. The van der Waals surface area contributed by atoms with Crippen molar-refractivity contribution in [3.05, 3.63) is 0 Å². The highest BCUT2D eigenvalue weighted by Gasteiger charge is 2.45. The number of carbonyl (C=O) groups excluding carboxylic acids is 1. The van der Waals surface area contributed by atoms with E-state index in [1.165, 1.54) is 6.92 Å². The molecular formula is C13H26N2O6. The first kappa shape index (κ1) is 18.3. The van der Waals surface area contributed by atoms with Crippen molar-refractivity contribution in [2.24, 2.45) is 5.73 Å². The number of aliphatic hydroxyl groups is 3. The summed E-state index contributed by atoms with van der Waals surface area (Å²) < 4.78 is 11.0. The zero-order valence-electron chi connectivity index (χ0n) is 12.3. The fraction of sp³-hybridized carbons (Fsp3) is 0.923. The number of hydrogen-bond acceptors (Lipinski definition) is 7. The van der Waals surface area contributed by atoms with Crippen LogP contribution in [0, 0.1) is 0 Å². The van der Waals surface area contributed by atoms with E-state index in [2.05, 4.69) is 5.32 Å². The Morgan fingerprint density at radius 2 is 2.00 bits per heavy atom. The lowest BCUT2D eigenvalue weighted by Crippen LogP contribution is -2.64.